The van der Waals surface area contributed by atoms with Crippen LogP contribution in [0.3, 0.4) is 0 Å². The maximum atomic E-state index is 12.0. The summed E-state index contributed by atoms with van der Waals surface area (Å²) in [6.45, 7) is 1.87. The summed E-state index contributed by atoms with van der Waals surface area (Å²) in [4.78, 5) is 12.6. The summed E-state index contributed by atoms with van der Waals surface area (Å²) in [5, 5.41) is 4.04. The third kappa shape index (κ3) is 1.82. The van der Waals surface area contributed by atoms with Crippen LogP contribution < -0.4 is 0 Å². The SMILES string of the molecule is Cc1c(C(=O)c2ccc(Cl)s2)cnn1C. The van der Waals surface area contributed by atoms with Crippen LogP contribution >= 0.6 is 22.9 Å². The highest BCUT2D eigenvalue weighted by atomic mass is 35.5. The van der Waals surface area contributed by atoms with Crippen LogP contribution in [0.2, 0.25) is 4.34 Å². The van der Waals surface area contributed by atoms with Gasteiger partial charge in [-0.25, -0.2) is 0 Å². The Kier molecular flexibility index (Phi) is 2.63. The first-order valence-corrected chi connectivity index (χ1v) is 5.57. The van der Waals surface area contributed by atoms with Gasteiger partial charge in [0.1, 0.15) is 0 Å². The molecule has 0 fully saturated rings. The van der Waals surface area contributed by atoms with Crippen molar-refractivity contribution < 1.29 is 4.79 Å². The van der Waals surface area contributed by atoms with E-state index in [1.54, 1.807) is 23.0 Å². The molecule has 0 spiro atoms. The quantitative estimate of drug-likeness (QED) is 0.757. The van der Waals surface area contributed by atoms with Gasteiger partial charge in [0.2, 0.25) is 5.78 Å². The van der Waals surface area contributed by atoms with E-state index in [9.17, 15) is 4.79 Å². The van der Waals surface area contributed by atoms with Crippen molar-refractivity contribution in [2.45, 2.75) is 6.92 Å². The van der Waals surface area contributed by atoms with Gasteiger partial charge < -0.3 is 0 Å². The minimum atomic E-state index is -0.0162. The molecular weight excluding hydrogens is 232 g/mol. The molecule has 5 heteroatoms. The summed E-state index contributed by atoms with van der Waals surface area (Å²) in [5.41, 5.74) is 1.50. The third-order valence-electron chi connectivity index (χ3n) is 2.28. The molecule has 0 saturated carbocycles. The number of thiophene rings is 1. The number of halogens is 1. The van der Waals surface area contributed by atoms with Crippen molar-refractivity contribution in [1.29, 1.82) is 0 Å². The molecule has 0 unspecified atom stereocenters. The summed E-state index contributed by atoms with van der Waals surface area (Å²) < 4.78 is 2.31. The lowest BCUT2D eigenvalue weighted by atomic mass is 10.1. The highest BCUT2D eigenvalue weighted by molar-refractivity contribution is 7.18. The zero-order valence-corrected chi connectivity index (χ0v) is 9.89. The second-order valence-corrected chi connectivity index (χ2v) is 4.92. The molecule has 0 atom stereocenters. The lowest BCUT2D eigenvalue weighted by Gasteiger charge is -1.97. The predicted molar refractivity (Wildman–Crippen MR) is 60.7 cm³/mol. The minimum absolute atomic E-state index is 0.0162. The number of hydrogen-bond donors (Lipinski definition) is 0. The number of carbonyl (C=O) groups is 1. The molecule has 0 bridgehead atoms. The van der Waals surface area contributed by atoms with Gasteiger partial charge in [-0.3, -0.25) is 9.48 Å². The minimum Gasteiger partial charge on any atom is -0.288 e. The summed E-state index contributed by atoms with van der Waals surface area (Å²) >= 11 is 7.07. The highest BCUT2D eigenvalue weighted by Crippen LogP contribution is 2.24. The second kappa shape index (κ2) is 3.79. The van der Waals surface area contributed by atoms with E-state index in [0.717, 1.165) is 5.69 Å². The molecule has 2 rings (SSSR count). The zero-order chi connectivity index (χ0) is 11.0. The van der Waals surface area contributed by atoms with Gasteiger partial charge in [0.05, 0.1) is 21.0 Å². The second-order valence-electron chi connectivity index (χ2n) is 3.20. The standard InChI is InChI=1S/C10H9ClN2OS/c1-6-7(5-12-13(6)2)10(14)8-3-4-9(11)15-8/h3-5H,1-2H3. The van der Waals surface area contributed by atoms with Crippen molar-refractivity contribution in [2.24, 2.45) is 7.05 Å². The highest BCUT2D eigenvalue weighted by Gasteiger charge is 2.16. The molecule has 3 nitrogen and oxygen atoms in total. The fourth-order valence-electron chi connectivity index (χ4n) is 1.29. The molecule has 0 aliphatic heterocycles. The lowest BCUT2D eigenvalue weighted by molar-refractivity contribution is 0.104. The Morgan fingerprint density at radius 3 is 2.73 bits per heavy atom. The molecule has 2 aromatic rings. The smallest absolute Gasteiger partial charge is 0.206 e. The fraction of sp³-hybridized carbons (Fsp3) is 0.200. The average Bonchev–Trinajstić information content (AvgIpc) is 2.75. The molecule has 0 radical (unpaired) electrons. The van der Waals surface area contributed by atoms with E-state index >= 15 is 0 Å². The van der Waals surface area contributed by atoms with Gasteiger partial charge in [-0.2, -0.15) is 5.10 Å². The van der Waals surface area contributed by atoms with E-state index in [1.165, 1.54) is 11.3 Å². The van der Waals surface area contributed by atoms with Crippen molar-refractivity contribution in [2.75, 3.05) is 0 Å². The topological polar surface area (TPSA) is 34.9 Å². The number of ketones is 1. The van der Waals surface area contributed by atoms with Crippen LogP contribution in [-0.4, -0.2) is 15.6 Å². The molecule has 0 aliphatic carbocycles. The van der Waals surface area contributed by atoms with Gasteiger partial charge in [0, 0.05) is 12.7 Å². The Balaban J connectivity index is 2.41. The first kappa shape index (κ1) is 10.4. The lowest BCUT2D eigenvalue weighted by Crippen LogP contribution is -2.01. The van der Waals surface area contributed by atoms with Crippen molar-refractivity contribution in [3.8, 4) is 0 Å². The van der Waals surface area contributed by atoms with Crippen molar-refractivity contribution in [3.63, 3.8) is 0 Å². The molecule has 0 amide bonds. The van der Waals surface area contributed by atoms with Crippen LogP contribution in [0.15, 0.2) is 18.3 Å². The van der Waals surface area contributed by atoms with E-state index in [0.29, 0.717) is 14.8 Å². The molecule has 2 aromatic heterocycles. The van der Waals surface area contributed by atoms with Crippen LogP contribution in [-0.2, 0) is 7.05 Å². The predicted octanol–water partition coefficient (Wildman–Crippen LogP) is 2.67. The Morgan fingerprint density at radius 2 is 2.27 bits per heavy atom. The largest absolute Gasteiger partial charge is 0.288 e. The summed E-state index contributed by atoms with van der Waals surface area (Å²) in [5.74, 6) is -0.0162. The molecule has 0 saturated heterocycles. The number of aromatic nitrogens is 2. The third-order valence-corrected chi connectivity index (χ3v) is 3.51. The Labute approximate surface area is 96.3 Å². The van der Waals surface area contributed by atoms with Crippen molar-refractivity contribution >= 4 is 28.7 Å². The molecule has 15 heavy (non-hydrogen) atoms. The molecule has 78 valence electrons. The van der Waals surface area contributed by atoms with Crippen molar-refractivity contribution in [3.05, 3.63) is 38.8 Å². The monoisotopic (exact) mass is 240 g/mol. The number of rotatable bonds is 2. The molecule has 2 heterocycles. The van der Waals surface area contributed by atoms with Gasteiger partial charge in [0.15, 0.2) is 0 Å². The fourth-order valence-corrected chi connectivity index (χ4v) is 2.29. The first-order valence-electron chi connectivity index (χ1n) is 4.38. The maximum absolute atomic E-state index is 12.0. The molecular formula is C10H9ClN2OS. The number of nitrogens with zero attached hydrogens (tertiary/aromatic N) is 2. The van der Waals surface area contributed by atoms with Crippen LogP contribution in [0.4, 0.5) is 0 Å². The van der Waals surface area contributed by atoms with E-state index in [4.69, 9.17) is 11.6 Å². The van der Waals surface area contributed by atoms with Crippen LogP contribution in [0, 0.1) is 6.92 Å². The van der Waals surface area contributed by atoms with Gasteiger partial charge in [0.25, 0.3) is 0 Å². The summed E-state index contributed by atoms with van der Waals surface area (Å²) in [6.07, 6.45) is 1.59. The van der Waals surface area contributed by atoms with Crippen molar-refractivity contribution in [1.82, 2.24) is 9.78 Å². The van der Waals surface area contributed by atoms with Crippen LogP contribution in [0.5, 0.6) is 0 Å². The van der Waals surface area contributed by atoms with Gasteiger partial charge >= 0.3 is 0 Å². The van der Waals surface area contributed by atoms with Gasteiger partial charge in [-0.05, 0) is 19.1 Å². The Hall–Kier alpha value is -1.13. The van der Waals surface area contributed by atoms with E-state index < -0.39 is 0 Å². The molecule has 0 aliphatic rings. The van der Waals surface area contributed by atoms with E-state index in [-0.39, 0.29) is 5.78 Å². The Morgan fingerprint density at radius 1 is 1.53 bits per heavy atom. The normalized spacial score (nSPS) is 10.6. The zero-order valence-electron chi connectivity index (χ0n) is 8.32. The van der Waals surface area contributed by atoms with Gasteiger partial charge in [-0.1, -0.05) is 11.6 Å². The Bertz CT molecular complexity index is 515. The molecule has 0 N–H and O–H groups in total. The van der Waals surface area contributed by atoms with E-state index in [1.807, 2.05) is 14.0 Å². The molecule has 0 aromatic carbocycles. The summed E-state index contributed by atoms with van der Waals surface area (Å²) in [7, 11) is 1.81. The first-order chi connectivity index (χ1) is 7.09. The van der Waals surface area contributed by atoms with Crippen LogP contribution in [0.25, 0.3) is 0 Å². The van der Waals surface area contributed by atoms with E-state index in [2.05, 4.69) is 5.10 Å². The maximum Gasteiger partial charge on any atom is 0.206 e. The number of aryl methyl sites for hydroxylation is 1. The van der Waals surface area contributed by atoms with Crippen LogP contribution in [0.1, 0.15) is 20.9 Å². The number of hydrogen-bond acceptors (Lipinski definition) is 3. The summed E-state index contributed by atoms with van der Waals surface area (Å²) in [6, 6.07) is 3.47. The van der Waals surface area contributed by atoms with Gasteiger partial charge in [-0.15, -0.1) is 11.3 Å². The average molecular weight is 241 g/mol. The number of carbonyl (C=O) groups excluding carboxylic acids is 1.